The molecular weight excluding hydrogens is 795 g/mol. The van der Waals surface area contributed by atoms with E-state index in [0.29, 0.717) is 65.3 Å². The van der Waals surface area contributed by atoms with Crippen molar-refractivity contribution in [2.75, 3.05) is 33.0 Å². The molecule has 13 heteroatoms. The molecule has 0 unspecified atom stereocenters. The van der Waals surface area contributed by atoms with Gasteiger partial charge in [-0.1, -0.05) is 67.4 Å². The van der Waals surface area contributed by atoms with Crippen molar-refractivity contribution in [2.24, 2.45) is 22.9 Å². The van der Waals surface area contributed by atoms with Gasteiger partial charge in [0.2, 0.25) is 15.8 Å². The van der Waals surface area contributed by atoms with Crippen LogP contribution in [0, 0.1) is 17.8 Å². The Morgan fingerprint density at radius 2 is 1.75 bits per heavy atom. The van der Waals surface area contributed by atoms with Gasteiger partial charge in [-0.2, -0.15) is 4.31 Å². The van der Waals surface area contributed by atoms with E-state index in [9.17, 15) is 15.0 Å². The minimum atomic E-state index is -4.28. The van der Waals surface area contributed by atoms with E-state index in [4.69, 9.17) is 24.2 Å². The molecule has 2 heterocycles. The Kier molecular flexibility index (Phi) is 14.4. The number of rotatable bonds is 21. The number of pyridine rings is 1. The largest absolute Gasteiger partial charge is 0.460 e. The Labute approximate surface area is 358 Å². The third-order valence-electron chi connectivity index (χ3n) is 12.2. The van der Waals surface area contributed by atoms with E-state index in [1.165, 1.54) is 4.31 Å². The van der Waals surface area contributed by atoms with Crippen LogP contribution in [0.1, 0.15) is 87.1 Å². The molecule has 0 spiro atoms. The van der Waals surface area contributed by atoms with Crippen molar-refractivity contribution >= 4 is 32.9 Å². The highest BCUT2D eigenvalue weighted by molar-refractivity contribution is 7.89. The molecule has 0 bridgehead atoms. The molecule has 1 aliphatic heterocycles. The number of nitrogens with zero attached hydrogens (tertiary/aromatic N) is 3. The van der Waals surface area contributed by atoms with Crippen LogP contribution in [0.4, 0.5) is 0 Å². The van der Waals surface area contributed by atoms with Crippen molar-refractivity contribution in [3.05, 3.63) is 114 Å². The number of unbranched alkanes of at least 4 members (excludes halogenated alkanes) is 2. The lowest BCUT2D eigenvalue weighted by Gasteiger charge is -2.59. The van der Waals surface area contributed by atoms with Gasteiger partial charge in [0.15, 0.2) is 0 Å². The van der Waals surface area contributed by atoms with Gasteiger partial charge >= 0.3 is 0 Å². The highest BCUT2D eigenvalue weighted by atomic mass is 32.2. The molecule has 0 saturated heterocycles. The monoisotopic (exact) mass is 851 g/mol. The first kappa shape index (κ1) is 44.1. The summed E-state index contributed by atoms with van der Waals surface area (Å²) in [6.07, 6.45) is 11.3. The van der Waals surface area contributed by atoms with E-state index in [1.54, 1.807) is 54.7 Å². The van der Waals surface area contributed by atoms with Gasteiger partial charge in [-0.05, 0) is 98.9 Å². The quantitative estimate of drug-likeness (QED) is 0.0360. The molecule has 4 aromatic rings. The van der Waals surface area contributed by atoms with Gasteiger partial charge in [0.25, 0.3) is 0 Å². The first-order valence-electron chi connectivity index (χ1n) is 21.5. The highest BCUT2D eigenvalue weighted by Gasteiger charge is 2.66. The van der Waals surface area contributed by atoms with Crippen LogP contribution in [-0.2, 0) is 19.6 Å². The third-order valence-corrected chi connectivity index (χ3v) is 14.1. The Morgan fingerprint density at radius 3 is 2.51 bits per heavy atom. The molecule has 324 valence electrons. The standard InChI is InChI=1S/C48H57N3O9S/c1-4-24-51(61(55,56)43-20-12-16-34-17-13-23-49-47(34)43)44-31-41(50-58-6-3)39-29-35(15-7-9-25-52)38(19-8-10-26-53)45-40-30-37(59-36-18-11-14-33(28-36)32-54)21-22-42(40)60-48(44,46(39)45)57-27-5-2/h5,11-14,16-18,20-23,28-30,32,35,38,44-46,52-53H,2,4,6-10,15,19,24-27,31H2,1,3H3/t35-,38+,44-,45+,46+,48+/m0/s1. The van der Waals surface area contributed by atoms with E-state index in [0.717, 1.165) is 43.1 Å². The minimum absolute atomic E-state index is 0.0208. The summed E-state index contributed by atoms with van der Waals surface area (Å²) in [6, 6.07) is 20.5. The van der Waals surface area contributed by atoms with Crippen molar-refractivity contribution in [3.8, 4) is 17.2 Å². The topological polar surface area (TPSA) is 157 Å². The normalized spacial score (nSPS) is 23.8. The van der Waals surface area contributed by atoms with Crippen molar-refractivity contribution in [2.45, 2.75) is 87.9 Å². The lowest BCUT2D eigenvalue weighted by Crippen LogP contribution is -2.70. The molecule has 61 heavy (non-hydrogen) atoms. The fourth-order valence-electron chi connectivity index (χ4n) is 9.69. The maximum atomic E-state index is 15.4. The number of ether oxygens (including phenoxy) is 3. The predicted molar refractivity (Wildman–Crippen MR) is 234 cm³/mol. The number of oxime groups is 1. The summed E-state index contributed by atoms with van der Waals surface area (Å²) in [5.74, 6) is -0.876. The van der Waals surface area contributed by atoms with Crippen molar-refractivity contribution in [1.29, 1.82) is 0 Å². The first-order chi connectivity index (χ1) is 29.7. The van der Waals surface area contributed by atoms with Gasteiger partial charge in [-0.15, -0.1) is 6.58 Å². The number of carbonyl (C=O) groups is 1. The van der Waals surface area contributed by atoms with Gasteiger partial charge in [-0.25, -0.2) is 8.42 Å². The van der Waals surface area contributed by atoms with Crippen LogP contribution in [0.15, 0.2) is 113 Å². The van der Waals surface area contributed by atoms with Gasteiger partial charge in [0, 0.05) is 54.8 Å². The molecule has 12 nitrogen and oxygen atoms in total. The molecule has 2 N–H and O–H groups in total. The number of hydrogen-bond acceptors (Lipinski definition) is 11. The number of sulfonamides is 1. The van der Waals surface area contributed by atoms with Crippen molar-refractivity contribution in [3.63, 3.8) is 0 Å². The molecule has 0 amide bonds. The van der Waals surface area contributed by atoms with E-state index < -0.39 is 27.8 Å². The zero-order valence-electron chi connectivity index (χ0n) is 35.0. The number of hydrogen-bond donors (Lipinski definition) is 2. The SMILES string of the molecule is C=CCO[C@@]12Oc3ccc(Oc4cccc(C=O)c4)cc3[C@H]3[C@H](CCCCO)[C@@H](CCCCO)C=C(C(=NOCC)C[C@@H]1N(CCC)S(=O)(=O)c1cccc4cccnc14)[C@H]32. The third kappa shape index (κ3) is 8.90. The number of para-hydroxylation sites is 1. The average molecular weight is 852 g/mol. The zero-order valence-corrected chi connectivity index (χ0v) is 35.8. The molecule has 6 atom stereocenters. The Balaban J connectivity index is 1.48. The number of aliphatic hydroxyl groups is 2. The number of benzene rings is 3. The van der Waals surface area contributed by atoms with Crippen LogP contribution >= 0.6 is 0 Å². The fourth-order valence-corrected chi connectivity index (χ4v) is 11.6. The van der Waals surface area contributed by atoms with Crippen molar-refractivity contribution < 1.29 is 42.5 Å². The molecule has 0 radical (unpaired) electrons. The van der Waals surface area contributed by atoms with Crippen LogP contribution in [0.25, 0.3) is 10.9 Å². The fraction of sp³-hybridized carbons (Fsp3) is 0.438. The predicted octanol–water partition coefficient (Wildman–Crippen LogP) is 8.59. The van der Waals surface area contributed by atoms with E-state index in [1.807, 2.05) is 44.2 Å². The molecule has 2 aliphatic carbocycles. The van der Waals surface area contributed by atoms with Gasteiger partial charge in [0.05, 0.1) is 29.8 Å². The maximum Gasteiger partial charge on any atom is 0.245 e. The highest BCUT2D eigenvalue weighted by Crippen LogP contribution is 2.62. The van der Waals surface area contributed by atoms with Crippen LogP contribution < -0.4 is 9.47 Å². The molecular formula is C48H57N3O9S. The summed E-state index contributed by atoms with van der Waals surface area (Å²) < 4.78 is 53.2. The Bertz CT molecular complexity index is 2340. The van der Waals surface area contributed by atoms with Gasteiger partial charge < -0.3 is 29.3 Å². The lowest BCUT2D eigenvalue weighted by atomic mass is 9.55. The second-order valence-electron chi connectivity index (χ2n) is 15.9. The number of aliphatic hydroxyl groups excluding tert-OH is 2. The van der Waals surface area contributed by atoms with Gasteiger partial charge in [-0.3, -0.25) is 9.78 Å². The van der Waals surface area contributed by atoms with Gasteiger partial charge in [0.1, 0.15) is 35.0 Å². The molecule has 1 aromatic heterocycles. The molecule has 7 rings (SSSR count). The Morgan fingerprint density at radius 1 is 0.984 bits per heavy atom. The number of aromatic nitrogens is 1. The number of fused-ring (bicyclic) bond motifs is 3. The number of allylic oxidation sites excluding steroid dienone is 1. The van der Waals surface area contributed by atoms with E-state index in [2.05, 4.69) is 17.6 Å². The second-order valence-corrected chi connectivity index (χ2v) is 17.8. The van der Waals surface area contributed by atoms with Crippen LogP contribution in [-0.4, -0.2) is 84.7 Å². The van der Waals surface area contributed by atoms with Crippen LogP contribution in [0.2, 0.25) is 0 Å². The molecule has 3 aromatic carbocycles. The smallest absolute Gasteiger partial charge is 0.245 e. The van der Waals surface area contributed by atoms with Crippen LogP contribution in [0.5, 0.6) is 17.2 Å². The van der Waals surface area contributed by atoms with E-state index >= 15 is 8.42 Å². The molecule has 1 saturated carbocycles. The molecule has 3 aliphatic rings. The lowest BCUT2D eigenvalue weighted by molar-refractivity contribution is -0.251. The second kappa shape index (κ2) is 19.9. The maximum absolute atomic E-state index is 15.4. The summed E-state index contributed by atoms with van der Waals surface area (Å²) in [5.41, 5.74) is 3.23. The minimum Gasteiger partial charge on any atom is -0.460 e. The Hall–Kier alpha value is -4.92. The number of carbonyl (C=O) groups excluding carboxylic acids is 1. The molecule has 1 fully saturated rings. The average Bonchev–Trinajstić information content (AvgIpc) is 3.28. The zero-order chi connectivity index (χ0) is 43.0. The number of aldehydes is 1. The summed E-state index contributed by atoms with van der Waals surface area (Å²) in [7, 11) is -4.28. The summed E-state index contributed by atoms with van der Waals surface area (Å²) in [4.78, 5) is 22.1. The van der Waals surface area contributed by atoms with E-state index in [-0.39, 0.29) is 55.4 Å². The van der Waals surface area contributed by atoms with Crippen LogP contribution in [0.3, 0.4) is 0 Å². The summed E-state index contributed by atoms with van der Waals surface area (Å²) >= 11 is 0. The first-order valence-corrected chi connectivity index (χ1v) is 23.0. The summed E-state index contributed by atoms with van der Waals surface area (Å²) in [5, 5.41) is 25.3. The van der Waals surface area contributed by atoms with Crippen molar-refractivity contribution in [1.82, 2.24) is 9.29 Å². The summed E-state index contributed by atoms with van der Waals surface area (Å²) in [6.45, 7) is 8.49.